The molecule has 2 N–H and O–H groups in total. The highest BCUT2D eigenvalue weighted by molar-refractivity contribution is 5.75. The van der Waals surface area contributed by atoms with E-state index in [0.29, 0.717) is 12.8 Å². The van der Waals surface area contributed by atoms with Crippen molar-refractivity contribution in [2.75, 3.05) is 6.54 Å². The maximum Gasteiger partial charge on any atom is 0.490 e. The number of carbonyl (C=O) groups is 1. The molecule has 2 aliphatic rings. The molecule has 0 aromatic rings. The molecule has 1 saturated heterocycles. The molecule has 2 unspecified atom stereocenters. The van der Waals surface area contributed by atoms with Crippen molar-refractivity contribution < 1.29 is 22.7 Å². The molecule has 1 aliphatic heterocycles. The van der Waals surface area contributed by atoms with Gasteiger partial charge in [-0.2, -0.15) is 13.2 Å². The van der Waals surface area contributed by atoms with Gasteiger partial charge in [-0.3, -0.25) is 10.9 Å². The molecule has 2 atom stereocenters. The minimum Gasteiger partial charge on any atom is -0.456 e. The van der Waals surface area contributed by atoms with Gasteiger partial charge < -0.3 is 4.74 Å². The van der Waals surface area contributed by atoms with Gasteiger partial charge >= 0.3 is 12.1 Å². The number of halogens is 3. The van der Waals surface area contributed by atoms with Crippen LogP contribution >= 0.6 is 0 Å². The van der Waals surface area contributed by atoms with Crippen LogP contribution in [0.1, 0.15) is 25.7 Å². The summed E-state index contributed by atoms with van der Waals surface area (Å²) in [4.78, 5) is 10.6. The fraction of sp³-hybridized carbons (Fsp3) is 0.889. The van der Waals surface area contributed by atoms with Crippen molar-refractivity contribution in [3.05, 3.63) is 0 Å². The predicted octanol–water partition coefficient (Wildman–Crippen LogP) is 0.881. The molecule has 1 saturated carbocycles. The standard InChI is InChI=1S/C9H13F3N2O2/c10-9(11,12)7(15)16-6-1-2-8(5-6)3-4-13-14-8/h6,13-14H,1-5H2. The predicted molar refractivity (Wildman–Crippen MR) is 48.3 cm³/mol. The minimum absolute atomic E-state index is 0.184. The molecule has 1 aliphatic carbocycles. The Bertz CT molecular complexity index is 287. The van der Waals surface area contributed by atoms with E-state index < -0.39 is 18.2 Å². The first-order chi connectivity index (χ1) is 7.41. The van der Waals surface area contributed by atoms with E-state index in [1.165, 1.54) is 0 Å². The zero-order valence-corrected chi connectivity index (χ0v) is 8.56. The van der Waals surface area contributed by atoms with Crippen LogP contribution in [0.4, 0.5) is 13.2 Å². The molecule has 0 amide bonds. The van der Waals surface area contributed by atoms with E-state index in [1.807, 2.05) is 0 Å². The first kappa shape index (κ1) is 11.7. The highest BCUT2D eigenvalue weighted by Crippen LogP contribution is 2.36. The number of hydrazine groups is 1. The van der Waals surface area contributed by atoms with Crippen LogP contribution < -0.4 is 10.9 Å². The highest BCUT2D eigenvalue weighted by Gasteiger charge is 2.47. The third-order valence-corrected chi connectivity index (χ3v) is 3.15. The number of esters is 1. The lowest BCUT2D eigenvalue weighted by Gasteiger charge is -2.22. The van der Waals surface area contributed by atoms with Gasteiger partial charge in [0.25, 0.3) is 0 Å². The second-order valence-electron chi connectivity index (χ2n) is 4.35. The second kappa shape index (κ2) is 3.89. The van der Waals surface area contributed by atoms with Crippen LogP contribution in [0.2, 0.25) is 0 Å². The Morgan fingerprint density at radius 3 is 2.69 bits per heavy atom. The van der Waals surface area contributed by atoms with Crippen molar-refractivity contribution in [2.45, 2.75) is 43.5 Å². The van der Waals surface area contributed by atoms with Gasteiger partial charge in [0.2, 0.25) is 0 Å². The molecule has 0 aromatic heterocycles. The van der Waals surface area contributed by atoms with Gasteiger partial charge in [-0.05, 0) is 19.3 Å². The van der Waals surface area contributed by atoms with Crippen LogP contribution in [0.15, 0.2) is 0 Å². The van der Waals surface area contributed by atoms with Gasteiger partial charge in [0.15, 0.2) is 0 Å². The van der Waals surface area contributed by atoms with Gasteiger partial charge in [0.1, 0.15) is 6.10 Å². The highest BCUT2D eigenvalue weighted by atomic mass is 19.4. The van der Waals surface area contributed by atoms with Crippen molar-refractivity contribution in [1.82, 2.24) is 10.9 Å². The van der Waals surface area contributed by atoms with Crippen molar-refractivity contribution in [2.24, 2.45) is 0 Å². The summed E-state index contributed by atoms with van der Waals surface area (Å²) in [5, 5.41) is 0. The van der Waals surface area contributed by atoms with E-state index >= 15 is 0 Å². The van der Waals surface area contributed by atoms with Crippen LogP contribution in [0.3, 0.4) is 0 Å². The van der Waals surface area contributed by atoms with Crippen LogP contribution in [-0.2, 0) is 9.53 Å². The number of nitrogens with one attached hydrogen (secondary N) is 2. The number of hydrogen-bond donors (Lipinski definition) is 2. The first-order valence-corrected chi connectivity index (χ1v) is 5.19. The number of alkyl halides is 3. The fourth-order valence-electron chi connectivity index (χ4n) is 2.35. The quantitative estimate of drug-likeness (QED) is 0.666. The normalized spacial score (nSPS) is 34.6. The maximum atomic E-state index is 12.0. The van der Waals surface area contributed by atoms with Crippen molar-refractivity contribution in [3.63, 3.8) is 0 Å². The maximum absolute atomic E-state index is 12.0. The van der Waals surface area contributed by atoms with Gasteiger partial charge in [0.05, 0.1) is 0 Å². The monoisotopic (exact) mass is 238 g/mol. The van der Waals surface area contributed by atoms with E-state index in [2.05, 4.69) is 15.6 Å². The summed E-state index contributed by atoms with van der Waals surface area (Å²) >= 11 is 0. The summed E-state index contributed by atoms with van der Waals surface area (Å²) < 4.78 is 40.3. The van der Waals surface area contributed by atoms with Gasteiger partial charge in [-0.25, -0.2) is 4.79 Å². The third-order valence-electron chi connectivity index (χ3n) is 3.15. The largest absolute Gasteiger partial charge is 0.490 e. The van der Waals surface area contributed by atoms with Crippen LogP contribution in [0.5, 0.6) is 0 Å². The summed E-state index contributed by atoms with van der Waals surface area (Å²) in [6, 6.07) is 0. The average Bonchev–Trinajstić information content (AvgIpc) is 2.77. The first-order valence-electron chi connectivity index (χ1n) is 5.19. The lowest BCUT2D eigenvalue weighted by Crippen LogP contribution is -2.42. The Hall–Kier alpha value is -0.820. The fourth-order valence-corrected chi connectivity index (χ4v) is 2.35. The van der Waals surface area contributed by atoms with Crippen LogP contribution in [-0.4, -0.2) is 30.3 Å². The Balaban J connectivity index is 1.87. The molecule has 92 valence electrons. The number of ether oxygens (including phenoxy) is 1. The molecule has 0 bridgehead atoms. The van der Waals surface area contributed by atoms with E-state index in [9.17, 15) is 18.0 Å². The molecule has 1 spiro atoms. The number of hydrogen-bond acceptors (Lipinski definition) is 4. The summed E-state index contributed by atoms with van der Waals surface area (Å²) in [5.74, 6) is -2.08. The van der Waals surface area contributed by atoms with Crippen LogP contribution in [0, 0.1) is 0 Å². The molecule has 0 aromatic carbocycles. The topological polar surface area (TPSA) is 50.4 Å². The minimum atomic E-state index is -4.89. The zero-order chi connectivity index (χ0) is 11.8. The number of rotatable bonds is 1. The Morgan fingerprint density at radius 1 is 1.38 bits per heavy atom. The summed E-state index contributed by atoms with van der Waals surface area (Å²) in [6.45, 7) is 0.792. The average molecular weight is 238 g/mol. The van der Waals surface area contributed by atoms with Gasteiger partial charge in [-0.1, -0.05) is 0 Å². The molecule has 16 heavy (non-hydrogen) atoms. The number of carbonyl (C=O) groups excluding carboxylic acids is 1. The van der Waals surface area contributed by atoms with E-state index in [4.69, 9.17) is 0 Å². The van der Waals surface area contributed by atoms with Crippen molar-refractivity contribution >= 4 is 5.97 Å². The molecular formula is C9H13F3N2O2. The Kier molecular flexibility index (Phi) is 2.83. The SMILES string of the molecule is O=C(OC1CCC2(CCNN2)C1)C(F)(F)F. The summed E-state index contributed by atoms with van der Waals surface area (Å²) in [7, 11) is 0. The lowest BCUT2D eigenvalue weighted by molar-refractivity contribution is -0.204. The lowest BCUT2D eigenvalue weighted by atomic mass is 9.96. The molecule has 1 heterocycles. The molecule has 4 nitrogen and oxygen atoms in total. The van der Waals surface area contributed by atoms with Gasteiger partial charge in [-0.15, -0.1) is 0 Å². The summed E-state index contributed by atoms with van der Waals surface area (Å²) in [5.41, 5.74) is 5.81. The molecular weight excluding hydrogens is 225 g/mol. The van der Waals surface area contributed by atoms with Gasteiger partial charge in [0, 0.05) is 18.5 Å². The second-order valence-corrected chi connectivity index (χ2v) is 4.35. The smallest absolute Gasteiger partial charge is 0.456 e. The van der Waals surface area contributed by atoms with E-state index in [-0.39, 0.29) is 5.54 Å². The van der Waals surface area contributed by atoms with E-state index in [0.717, 1.165) is 19.4 Å². The zero-order valence-electron chi connectivity index (χ0n) is 8.56. The molecule has 7 heteroatoms. The molecule has 0 radical (unpaired) electrons. The molecule has 2 fully saturated rings. The van der Waals surface area contributed by atoms with E-state index in [1.54, 1.807) is 0 Å². The van der Waals surface area contributed by atoms with Crippen molar-refractivity contribution in [1.29, 1.82) is 0 Å². The van der Waals surface area contributed by atoms with Crippen molar-refractivity contribution in [3.8, 4) is 0 Å². The third kappa shape index (κ3) is 2.30. The molecule has 2 rings (SSSR count). The summed E-state index contributed by atoms with van der Waals surface area (Å²) in [6.07, 6.45) is -3.00. The Labute approximate surface area is 90.5 Å². The Morgan fingerprint density at radius 2 is 2.12 bits per heavy atom. The van der Waals surface area contributed by atoms with Crippen LogP contribution in [0.25, 0.3) is 0 Å².